The van der Waals surface area contributed by atoms with Crippen LogP contribution in [0.4, 0.5) is 0 Å². The highest BCUT2D eigenvalue weighted by atomic mass is 16.4. The summed E-state index contributed by atoms with van der Waals surface area (Å²) in [5, 5.41) is 12.6. The van der Waals surface area contributed by atoms with Crippen LogP contribution in [0.2, 0.25) is 0 Å². The molecule has 0 spiro atoms. The molecule has 5 heteroatoms. The minimum absolute atomic E-state index is 0.332. The second-order valence-corrected chi connectivity index (χ2v) is 5.83. The van der Waals surface area contributed by atoms with Crippen molar-refractivity contribution < 1.29 is 9.52 Å². The first-order chi connectivity index (χ1) is 9.56. The molecule has 20 heavy (non-hydrogen) atoms. The van der Waals surface area contributed by atoms with E-state index in [1.807, 2.05) is 0 Å². The van der Waals surface area contributed by atoms with E-state index in [1.54, 1.807) is 0 Å². The van der Waals surface area contributed by atoms with Crippen molar-refractivity contribution >= 4 is 0 Å². The van der Waals surface area contributed by atoms with E-state index in [2.05, 4.69) is 24.1 Å². The largest absolute Gasteiger partial charge is 0.502 e. The Morgan fingerprint density at radius 1 is 1.55 bits per heavy atom. The molecule has 1 aliphatic rings. The van der Waals surface area contributed by atoms with E-state index < -0.39 is 0 Å². The summed E-state index contributed by atoms with van der Waals surface area (Å²) >= 11 is 0. The first-order valence-corrected chi connectivity index (χ1v) is 7.31. The van der Waals surface area contributed by atoms with E-state index in [-0.39, 0.29) is 11.2 Å². The van der Waals surface area contributed by atoms with Crippen LogP contribution in [0.15, 0.2) is 21.5 Å². The fourth-order valence-electron chi connectivity index (χ4n) is 2.60. The normalized spacial score (nSPS) is 19.7. The Bertz CT molecular complexity index is 478. The zero-order valence-corrected chi connectivity index (χ0v) is 12.3. The molecule has 0 saturated carbocycles. The van der Waals surface area contributed by atoms with Gasteiger partial charge in [-0.1, -0.05) is 0 Å². The number of aromatic hydroxyl groups is 1. The van der Waals surface area contributed by atoms with Gasteiger partial charge in [-0.3, -0.25) is 9.69 Å². The monoisotopic (exact) mass is 280 g/mol. The summed E-state index contributed by atoms with van der Waals surface area (Å²) in [6.45, 7) is 8.07. The Labute approximate surface area is 119 Å². The molecule has 1 aromatic rings. The molecular weight excluding hydrogens is 256 g/mol. The maximum Gasteiger partial charge on any atom is 0.226 e. The van der Waals surface area contributed by atoms with Crippen LogP contribution in [-0.4, -0.2) is 35.7 Å². The van der Waals surface area contributed by atoms with Crippen LogP contribution < -0.4 is 10.7 Å². The van der Waals surface area contributed by atoms with E-state index >= 15 is 0 Å². The number of nitrogens with zero attached hydrogens (tertiary/aromatic N) is 1. The van der Waals surface area contributed by atoms with Gasteiger partial charge < -0.3 is 14.8 Å². The summed E-state index contributed by atoms with van der Waals surface area (Å²) in [6, 6.07) is 1.76. The van der Waals surface area contributed by atoms with E-state index in [4.69, 9.17) is 4.42 Å². The van der Waals surface area contributed by atoms with Gasteiger partial charge >= 0.3 is 0 Å². The summed E-state index contributed by atoms with van der Waals surface area (Å²) in [6.07, 6.45) is 3.60. The van der Waals surface area contributed by atoms with Crippen LogP contribution in [0.1, 0.15) is 32.4 Å². The van der Waals surface area contributed by atoms with Gasteiger partial charge in [-0.2, -0.15) is 0 Å². The van der Waals surface area contributed by atoms with Crippen LogP contribution in [0.5, 0.6) is 5.75 Å². The number of piperidine rings is 1. The predicted octanol–water partition coefficient (Wildman–Crippen LogP) is 1.56. The van der Waals surface area contributed by atoms with Crippen molar-refractivity contribution in [2.75, 3.05) is 19.6 Å². The summed E-state index contributed by atoms with van der Waals surface area (Å²) in [5.74, 6) is 0.918. The molecule has 1 fully saturated rings. The fourth-order valence-corrected chi connectivity index (χ4v) is 2.60. The number of nitrogens with one attached hydrogen (secondary N) is 1. The average Bonchev–Trinajstić information content (AvgIpc) is 2.43. The average molecular weight is 280 g/mol. The zero-order valence-electron chi connectivity index (χ0n) is 12.3. The number of hydrogen-bond acceptors (Lipinski definition) is 5. The highest BCUT2D eigenvalue weighted by molar-refractivity contribution is 5.15. The molecule has 0 aromatic carbocycles. The molecule has 1 unspecified atom stereocenters. The van der Waals surface area contributed by atoms with Crippen LogP contribution in [0.3, 0.4) is 0 Å². The Morgan fingerprint density at radius 2 is 2.35 bits per heavy atom. The third-order valence-corrected chi connectivity index (χ3v) is 3.85. The quantitative estimate of drug-likeness (QED) is 0.857. The lowest BCUT2D eigenvalue weighted by Crippen LogP contribution is -2.40. The summed E-state index contributed by atoms with van der Waals surface area (Å²) < 4.78 is 5.30. The van der Waals surface area contributed by atoms with Gasteiger partial charge in [0.2, 0.25) is 5.43 Å². The van der Waals surface area contributed by atoms with Crippen LogP contribution in [0, 0.1) is 5.92 Å². The fraction of sp³-hybridized carbons (Fsp3) is 0.667. The number of rotatable bonds is 5. The smallest absolute Gasteiger partial charge is 0.226 e. The maximum absolute atomic E-state index is 11.4. The van der Waals surface area contributed by atoms with E-state index in [0.717, 1.165) is 25.9 Å². The van der Waals surface area contributed by atoms with E-state index in [9.17, 15) is 9.90 Å². The van der Waals surface area contributed by atoms with Crippen LogP contribution in [-0.2, 0) is 6.54 Å². The summed E-state index contributed by atoms with van der Waals surface area (Å²) in [5.41, 5.74) is -0.380. The van der Waals surface area contributed by atoms with Gasteiger partial charge in [-0.25, -0.2) is 0 Å². The topological polar surface area (TPSA) is 65.7 Å². The third kappa shape index (κ3) is 4.08. The molecule has 112 valence electrons. The van der Waals surface area contributed by atoms with Crippen molar-refractivity contribution in [1.29, 1.82) is 0 Å². The van der Waals surface area contributed by atoms with Crippen molar-refractivity contribution in [3.05, 3.63) is 28.3 Å². The van der Waals surface area contributed by atoms with E-state index in [1.165, 1.54) is 18.9 Å². The molecule has 1 aromatic heterocycles. The molecule has 1 atom stereocenters. The van der Waals surface area contributed by atoms with Crippen LogP contribution in [0.25, 0.3) is 0 Å². The third-order valence-electron chi connectivity index (χ3n) is 3.85. The van der Waals surface area contributed by atoms with Gasteiger partial charge in [0, 0.05) is 18.7 Å². The highest BCUT2D eigenvalue weighted by Crippen LogP contribution is 2.16. The molecule has 1 aliphatic heterocycles. The Balaban J connectivity index is 2.00. The van der Waals surface area contributed by atoms with Crippen molar-refractivity contribution in [2.24, 2.45) is 5.92 Å². The highest BCUT2D eigenvalue weighted by Gasteiger charge is 2.20. The zero-order chi connectivity index (χ0) is 14.5. The minimum Gasteiger partial charge on any atom is -0.502 e. The molecule has 2 N–H and O–H groups in total. The Morgan fingerprint density at radius 3 is 2.95 bits per heavy atom. The SMILES string of the molecule is CC(C)N(Cc1cc(=O)c(O)co1)CC1CCCNC1. The minimum atomic E-state index is -0.380. The van der Waals surface area contributed by atoms with Crippen molar-refractivity contribution in [1.82, 2.24) is 10.2 Å². The molecule has 0 aliphatic carbocycles. The van der Waals surface area contributed by atoms with Gasteiger partial charge in [0.25, 0.3) is 0 Å². The van der Waals surface area contributed by atoms with Gasteiger partial charge in [-0.15, -0.1) is 0 Å². The van der Waals surface area contributed by atoms with Gasteiger partial charge in [0.15, 0.2) is 5.75 Å². The van der Waals surface area contributed by atoms with Crippen LogP contribution >= 0.6 is 0 Å². The van der Waals surface area contributed by atoms with Gasteiger partial charge in [0.05, 0.1) is 6.54 Å². The Hall–Kier alpha value is -1.33. The Kier molecular flexibility index (Phi) is 5.20. The molecule has 0 amide bonds. The predicted molar refractivity (Wildman–Crippen MR) is 77.8 cm³/mol. The summed E-state index contributed by atoms with van der Waals surface area (Å²) in [7, 11) is 0. The van der Waals surface area contributed by atoms with Gasteiger partial charge in [-0.05, 0) is 45.7 Å². The second-order valence-electron chi connectivity index (χ2n) is 5.83. The van der Waals surface area contributed by atoms with Crippen molar-refractivity contribution in [3.8, 4) is 5.75 Å². The first-order valence-electron chi connectivity index (χ1n) is 7.31. The molecule has 0 bridgehead atoms. The standard InChI is InChI=1S/C15H24N2O3/c1-11(2)17(8-12-4-3-5-16-7-12)9-13-6-14(18)15(19)10-20-13/h6,10-12,16,19H,3-5,7-9H2,1-2H3. The van der Waals surface area contributed by atoms with Crippen molar-refractivity contribution in [3.63, 3.8) is 0 Å². The molecule has 0 radical (unpaired) electrons. The maximum atomic E-state index is 11.4. The molecule has 1 saturated heterocycles. The van der Waals surface area contributed by atoms with Crippen molar-refractivity contribution in [2.45, 2.75) is 39.3 Å². The molecular formula is C15H24N2O3. The molecule has 5 nitrogen and oxygen atoms in total. The molecule has 2 heterocycles. The number of hydrogen-bond donors (Lipinski definition) is 2. The summed E-state index contributed by atoms with van der Waals surface area (Å²) in [4.78, 5) is 13.8. The molecule has 2 rings (SSSR count). The second kappa shape index (κ2) is 6.90. The lowest BCUT2D eigenvalue weighted by atomic mass is 9.98. The first kappa shape index (κ1) is 15.1. The van der Waals surface area contributed by atoms with Gasteiger partial charge in [0.1, 0.15) is 12.0 Å². The lowest BCUT2D eigenvalue weighted by molar-refractivity contribution is 0.151. The van der Waals surface area contributed by atoms with E-state index in [0.29, 0.717) is 24.3 Å². The lowest BCUT2D eigenvalue weighted by Gasteiger charge is -2.32.